The normalized spacial score (nSPS) is 15.5. The third-order valence-corrected chi connectivity index (χ3v) is 4.55. The van der Waals surface area contributed by atoms with Crippen molar-refractivity contribution in [1.82, 2.24) is 4.90 Å². The quantitative estimate of drug-likeness (QED) is 0.796. The van der Waals surface area contributed by atoms with Crippen LogP contribution in [0.5, 0.6) is 5.75 Å². The molecule has 1 saturated heterocycles. The van der Waals surface area contributed by atoms with E-state index in [2.05, 4.69) is 0 Å². The highest BCUT2D eigenvalue weighted by Crippen LogP contribution is 2.29. The molecule has 1 aromatic carbocycles. The first-order valence-corrected chi connectivity index (χ1v) is 9.14. The Kier molecular flexibility index (Phi) is 4.78. The number of hydrogen-bond donors (Lipinski definition) is 0. The molecule has 0 saturated carbocycles. The van der Waals surface area contributed by atoms with Gasteiger partial charge in [0.2, 0.25) is 0 Å². The van der Waals surface area contributed by atoms with Crippen LogP contribution in [0, 0.1) is 0 Å². The number of halogens is 1. The molecule has 1 heterocycles. The molecule has 1 aliphatic rings. The summed E-state index contributed by atoms with van der Waals surface area (Å²) in [7, 11) is 1.47. The van der Waals surface area contributed by atoms with E-state index >= 15 is 0 Å². The van der Waals surface area contributed by atoms with Gasteiger partial charge in [0.1, 0.15) is 10.6 Å². The first kappa shape index (κ1) is 16.1. The number of nitrogens with zero attached hydrogens (tertiary/aromatic N) is 1. The molecule has 2 rings (SSSR count). The molecule has 5 nitrogen and oxygen atoms in total. The second-order valence-electron chi connectivity index (χ2n) is 5.27. The minimum absolute atomic E-state index is 0.164. The van der Waals surface area contributed by atoms with Crippen molar-refractivity contribution in [2.75, 3.05) is 13.1 Å². The predicted molar refractivity (Wildman–Crippen MR) is 80.4 cm³/mol. The molecule has 0 aliphatic carbocycles. The number of hydrogen-bond acceptors (Lipinski definition) is 4. The zero-order valence-electron chi connectivity index (χ0n) is 12.0. The molecule has 1 amide bonds. The molecule has 0 N–H and O–H groups in total. The maximum absolute atomic E-state index is 12.3. The lowest BCUT2D eigenvalue weighted by molar-refractivity contribution is 0.0792. The molecule has 0 atom stereocenters. The van der Waals surface area contributed by atoms with Crippen LogP contribution >= 0.6 is 10.7 Å². The van der Waals surface area contributed by atoms with E-state index in [4.69, 9.17) is 15.4 Å². The minimum atomic E-state index is -3.98. The number of benzene rings is 1. The van der Waals surface area contributed by atoms with Crippen LogP contribution in [0.4, 0.5) is 0 Å². The van der Waals surface area contributed by atoms with Gasteiger partial charge in [-0.05, 0) is 44.9 Å². The number of rotatable bonds is 4. The molecule has 0 aromatic heterocycles. The van der Waals surface area contributed by atoms with Crippen LogP contribution in [0.3, 0.4) is 0 Å². The van der Waals surface area contributed by atoms with Gasteiger partial charge >= 0.3 is 0 Å². The smallest absolute Gasteiger partial charge is 0.265 e. The number of carbonyl (C=O) groups excluding carboxylic acids is 1. The van der Waals surface area contributed by atoms with Crippen LogP contribution in [0.2, 0.25) is 0 Å². The molecule has 1 aromatic rings. The largest absolute Gasteiger partial charge is 0.490 e. The lowest BCUT2D eigenvalue weighted by atomic mass is 10.2. The average Bonchev–Trinajstić information content (AvgIpc) is 2.90. The predicted octanol–water partition coefficient (Wildman–Crippen LogP) is 2.64. The van der Waals surface area contributed by atoms with Gasteiger partial charge in [0, 0.05) is 29.3 Å². The van der Waals surface area contributed by atoms with Crippen molar-refractivity contribution in [2.45, 2.75) is 37.7 Å². The maximum Gasteiger partial charge on any atom is 0.265 e. The molecule has 1 fully saturated rings. The fraction of sp³-hybridized carbons (Fsp3) is 0.500. The van der Waals surface area contributed by atoms with E-state index in [9.17, 15) is 13.2 Å². The lowest BCUT2D eigenvalue weighted by Gasteiger charge is -2.17. The van der Waals surface area contributed by atoms with E-state index in [1.165, 1.54) is 12.1 Å². The van der Waals surface area contributed by atoms with E-state index < -0.39 is 9.05 Å². The van der Waals surface area contributed by atoms with Crippen LogP contribution in [-0.2, 0) is 9.05 Å². The Labute approximate surface area is 129 Å². The summed E-state index contributed by atoms with van der Waals surface area (Å²) >= 11 is 0. The molecular formula is C14H18ClNO4S. The summed E-state index contributed by atoms with van der Waals surface area (Å²) < 4.78 is 28.8. The molecule has 0 unspecified atom stereocenters. The van der Waals surface area contributed by atoms with Crippen molar-refractivity contribution in [3.05, 3.63) is 23.8 Å². The fourth-order valence-electron chi connectivity index (χ4n) is 2.29. The van der Waals surface area contributed by atoms with Gasteiger partial charge < -0.3 is 9.64 Å². The van der Waals surface area contributed by atoms with Crippen LogP contribution < -0.4 is 4.74 Å². The van der Waals surface area contributed by atoms with Crippen molar-refractivity contribution in [3.8, 4) is 5.75 Å². The zero-order chi connectivity index (χ0) is 15.6. The molecule has 0 spiro atoms. The third-order valence-electron chi connectivity index (χ3n) is 3.21. The number of carbonyl (C=O) groups is 1. The van der Waals surface area contributed by atoms with Gasteiger partial charge in [0.15, 0.2) is 0 Å². The van der Waals surface area contributed by atoms with E-state index in [0.29, 0.717) is 18.7 Å². The second-order valence-corrected chi connectivity index (χ2v) is 7.80. The summed E-state index contributed by atoms with van der Waals surface area (Å²) in [6.45, 7) is 4.97. The van der Waals surface area contributed by atoms with Crippen molar-refractivity contribution < 1.29 is 17.9 Å². The van der Waals surface area contributed by atoms with E-state index in [1.54, 1.807) is 24.8 Å². The monoisotopic (exact) mass is 331 g/mol. The Balaban J connectivity index is 2.39. The molecule has 1 aliphatic heterocycles. The highest BCUT2D eigenvalue weighted by atomic mass is 35.7. The summed E-state index contributed by atoms with van der Waals surface area (Å²) in [5.74, 6) is -0.0110. The summed E-state index contributed by atoms with van der Waals surface area (Å²) in [5, 5.41) is 0. The second kappa shape index (κ2) is 6.23. The summed E-state index contributed by atoms with van der Waals surface area (Å²) in [6.07, 6.45) is 1.75. The Morgan fingerprint density at radius 2 is 1.90 bits per heavy atom. The molecule has 21 heavy (non-hydrogen) atoms. The number of ether oxygens (including phenoxy) is 1. The van der Waals surface area contributed by atoms with Gasteiger partial charge in [-0.3, -0.25) is 4.79 Å². The van der Waals surface area contributed by atoms with Crippen molar-refractivity contribution in [2.24, 2.45) is 0 Å². The van der Waals surface area contributed by atoms with E-state index in [0.717, 1.165) is 12.8 Å². The van der Waals surface area contributed by atoms with Gasteiger partial charge in [-0.15, -0.1) is 0 Å². The van der Waals surface area contributed by atoms with Gasteiger partial charge in [-0.1, -0.05) is 0 Å². The first-order valence-electron chi connectivity index (χ1n) is 6.83. The molecule has 7 heteroatoms. The van der Waals surface area contributed by atoms with E-state index in [1.807, 2.05) is 0 Å². The maximum atomic E-state index is 12.3. The van der Waals surface area contributed by atoms with Gasteiger partial charge in [0.05, 0.1) is 6.10 Å². The van der Waals surface area contributed by atoms with Crippen molar-refractivity contribution in [3.63, 3.8) is 0 Å². The van der Waals surface area contributed by atoms with Crippen LogP contribution in [-0.4, -0.2) is 38.4 Å². The molecule has 116 valence electrons. The number of likely N-dealkylation sites (tertiary alicyclic amines) is 1. The Bertz CT molecular complexity index is 636. The van der Waals surface area contributed by atoms with Gasteiger partial charge in [-0.25, -0.2) is 8.42 Å². The molecule has 0 bridgehead atoms. The zero-order valence-corrected chi connectivity index (χ0v) is 13.6. The molecule has 0 radical (unpaired) electrons. The Morgan fingerprint density at radius 1 is 1.29 bits per heavy atom. The van der Waals surface area contributed by atoms with Gasteiger partial charge in [0.25, 0.3) is 15.0 Å². The van der Waals surface area contributed by atoms with Crippen molar-refractivity contribution >= 4 is 25.6 Å². The number of amides is 1. The third kappa shape index (κ3) is 3.89. The first-order chi connectivity index (χ1) is 9.79. The van der Waals surface area contributed by atoms with Crippen molar-refractivity contribution in [1.29, 1.82) is 0 Å². The van der Waals surface area contributed by atoms with Gasteiger partial charge in [-0.2, -0.15) is 0 Å². The highest BCUT2D eigenvalue weighted by Gasteiger charge is 2.24. The highest BCUT2D eigenvalue weighted by molar-refractivity contribution is 8.13. The summed E-state index contributed by atoms with van der Waals surface area (Å²) in [6, 6.07) is 4.35. The Hall–Kier alpha value is -1.27. The van der Waals surface area contributed by atoms with E-state index in [-0.39, 0.29) is 22.7 Å². The Morgan fingerprint density at radius 3 is 2.43 bits per heavy atom. The summed E-state index contributed by atoms with van der Waals surface area (Å²) in [4.78, 5) is 13.9. The van der Waals surface area contributed by atoms with Crippen LogP contribution in [0.25, 0.3) is 0 Å². The SMILES string of the molecule is CC(C)Oc1ccc(C(=O)N2CCCC2)cc1S(=O)(=O)Cl. The van der Waals surface area contributed by atoms with Crippen LogP contribution in [0.15, 0.2) is 23.1 Å². The molecular weight excluding hydrogens is 314 g/mol. The fourth-order valence-corrected chi connectivity index (χ4v) is 3.27. The average molecular weight is 332 g/mol. The topological polar surface area (TPSA) is 63.7 Å². The minimum Gasteiger partial charge on any atom is -0.490 e. The summed E-state index contributed by atoms with van der Waals surface area (Å²) in [5.41, 5.74) is 0.312. The lowest BCUT2D eigenvalue weighted by Crippen LogP contribution is -2.27. The standard InChI is InChI=1S/C14H18ClNO4S/c1-10(2)20-12-6-5-11(9-13(12)21(15,18)19)14(17)16-7-3-4-8-16/h5-6,9-10H,3-4,7-8H2,1-2H3. The van der Waals surface area contributed by atoms with Crippen LogP contribution in [0.1, 0.15) is 37.0 Å².